The molecule has 1 aliphatic heterocycles. The highest BCUT2D eigenvalue weighted by Crippen LogP contribution is 2.33. The van der Waals surface area contributed by atoms with E-state index in [1.54, 1.807) is 0 Å². The quantitative estimate of drug-likeness (QED) is 0.676. The molecule has 0 saturated carbocycles. The summed E-state index contributed by atoms with van der Waals surface area (Å²) >= 11 is 1.95. The zero-order valence-corrected chi connectivity index (χ0v) is 12.7. The molecule has 0 fully saturated rings. The Bertz CT molecular complexity index is 601. The number of nitrogens with zero attached hydrogens (tertiary/aromatic N) is 2. The Labute approximate surface area is 107 Å². The van der Waals surface area contributed by atoms with Crippen molar-refractivity contribution in [2.45, 2.75) is 38.3 Å². The van der Waals surface area contributed by atoms with Gasteiger partial charge in [-0.15, -0.1) is 0 Å². The van der Waals surface area contributed by atoms with Gasteiger partial charge >= 0.3 is 0 Å². The van der Waals surface area contributed by atoms with Crippen molar-refractivity contribution in [1.29, 1.82) is 0 Å². The fraction of sp³-hybridized carbons (Fsp3) is 0.462. The van der Waals surface area contributed by atoms with Gasteiger partial charge in [-0.25, -0.2) is 4.98 Å². The molecule has 3 rings (SSSR count). The van der Waals surface area contributed by atoms with Gasteiger partial charge in [-0.3, -0.25) is 0 Å². The molecule has 0 unspecified atom stereocenters. The van der Waals surface area contributed by atoms with Crippen LogP contribution in [0.5, 0.6) is 0 Å². The molecule has 1 aromatic heterocycles. The molecule has 2 heterocycles. The molecule has 0 bridgehead atoms. The van der Waals surface area contributed by atoms with Gasteiger partial charge in [-0.2, -0.15) is 0 Å². The zero-order valence-electron chi connectivity index (χ0n) is 10.9. The maximum Gasteiger partial charge on any atom is 0.168 e. The van der Waals surface area contributed by atoms with Gasteiger partial charge in [0.15, 0.2) is 5.16 Å². The first kappa shape index (κ1) is 11.4. The second-order valence-corrected chi connectivity index (χ2v) is 12.3. The van der Waals surface area contributed by atoms with Gasteiger partial charge in [0.2, 0.25) is 0 Å². The normalized spacial score (nSPS) is 18.4. The van der Waals surface area contributed by atoms with Gasteiger partial charge in [0.25, 0.3) is 0 Å². The highest BCUT2D eigenvalue weighted by atomic mass is 32.2. The third-order valence-electron chi connectivity index (χ3n) is 3.51. The van der Waals surface area contributed by atoms with Crippen LogP contribution in [-0.2, 0) is 6.17 Å². The highest BCUT2D eigenvalue weighted by molar-refractivity contribution is 8.00. The zero-order chi connectivity index (χ0) is 12.2. The third kappa shape index (κ3) is 1.83. The Balaban J connectivity index is 2.24. The molecule has 2 aromatic rings. The average molecular weight is 262 g/mol. The number of benzene rings is 1. The van der Waals surface area contributed by atoms with Crippen LogP contribution in [0.4, 0.5) is 0 Å². The van der Waals surface area contributed by atoms with Crippen molar-refractivity contribution in [3.63, 3.8) is 0 Å². The first-order chi connectivity index (χ1) is 7.96. The number of imidazole rings is 1. The van der Waals surface area contributed by atoms with Crippen molar-refractivity contribution in [2.24, 2.45) is 0 Å². The highest BCUT2D eigenvalue weighted by Gasteiger charge is 2.30. The number of hydrogen-bond acceptors (Lipinski definition) is 2. The molecule has 0 amide bonds. The summed E-state index contributed by atoms with van der Waals surface area (Å²) in [7, 11) is -1.07. The number of hydrogen-bond donors (Lipinski definition) is 0. The summed E-state index contributed by atoms with van der Waals surface area (Å²) < 4.78 is 2.45. The maximum atomic E-state index is 4.77. The minimum absolute atomic E-state index is 1.07. The molecule has 0 radical (unpaired) electrons. The Hall–Kier alpha value is -0.743. The maximum absolute atomic E-state index is 4.77. The van der Waals surface area contributed by atoms with E-state index in [9.17, 15) is 0 Å². The van der Waals surface area contributed by atoms with Crippen molar-refractivity contribution >= 4 is 30.9 Å². The van der Waals surface area contributed by atoms with Gasteiger partial charge < -0.3 is 4.57 Å². The predicted molar refractivity (Wildman–Crippen MR) is 77.4 cm³/mol. The van der Waals surface area contributed by atoms with Crippen LogP contribution < -0.4 is 0 Å². The van der Waals surface area contributed by atoms with Gasteiger partial charge in [-0.1, -0.05) is 24.9 Å². The molecule has 1 aromatic carbocycles. The van der Waals surface area contributed by atoms with Gasteiger partial charge in [0.05, 0.1) is 19.1 Å². The lowest BCUT2D eigenvalue weighted by Crippen LogP contribution is -2.39. The summed E-state index contributed by atoms with van der Waals surface area (Å²) in [4.78, 5) is 4.77. The number of thioether (sulfide) groups is 1. The fourth-order valence-corrected chi connectivity index (χ4v) is 6.57. The topological polar surface area (TPSA) is 17.8 Å². The summed E-state index contributed by atoms with van der Waals surface area (Å²) in [6, 6.07) is 4.53. The average Bonchev–Trinajstić information content (AvgIpc) is 2.56. The molecular weight excluding hydrogens is 244 g/mol. The number of aryl methyl sites for hydroxylation is 2. The van der Waals surface area contributed by atoms with E-state index < -0.39 is 8.07 Å². The standard InChI is InChI=1S/C13H18N2SSi/c1-9-5-11-12(6-10(9)2)15-7-17(3,4)8-16-13(15)14-11/h5-6H,7-8H2,1-4H3. The molecule has 90 valence electrons. The predicted octanol–water partition coefficient (Wildman–Crippen LogP) is 3.55. The third-order valence-corrected chi connectivity index (χ3v) is 8.95. The van der Waals surface area contributed by atoms with E-state index in [4.69, 9.17) is 4.98 Å². The summed E-state index contributed by atoms with van der Waals surface area (Å²) in [5, 5.41) is 2.52. The van der Waals surface area contributed by atoms with Crippen LogP contribution in [0.25, 0.3) is 11.0 Å². The summed E-state index contributed by atoms with van der Waals surface area (Å²) in [5.41, 5.74) is 5.21. The van der Waals surface area contributed by atoms with Crippen LogP contribution in [0, 0.1) is 13.8 Å². The van der Waals surface area contributed by atoms with Crippen LogP contribution in [-0.4, -0.2) is 23.0 Å². The first-order valence-corrected chi connectivity index (χ1v) is 10.5. The SMILES string of the molecule is Cc1cc2nc3n(c2cc1C)C[Si](C)(C)CS3. The summed E-state index contributed by atoms with van der Waals surface area (Å²) in [6.07, 6.45) is 1.22. The minimum Gasteiger partial charge on any atom is -0.322 e. The number of rotatable bonds is 0. The van der Waals surface area contributed by atoms with E-state index in [1.165, 1.54) is 38.9 Å². The van der Waals surface area contributed by atoms with E-state index in [2.05, 4.69) is 43.6 Å². The Morgan fingerprint density at radius 2 is 1.94 bits per heavy atom. The largest absolute Gasteiger partial charge is 0.322 e. The Kier molecular flexibility index (Phi) is 2.42. The molecule has 1 aliphatic rings. The van der Waals surface area contributed by atoms with Gasteiger partial charge in [-0.05, 0) is 42.5 Å². The lowest BCUT2D eigenvalue weighted by Gasteiger charge is -2.28. The molecule has 2 nitrogen and oxygen atoms in total. The minimum atomic E-state index is -1.07. The molecular formula is C13H18N2SSi. The molecule has 0 aliphatic carbocycles. The van der Waals surface area contributed by atoms with Crippen LogP contribution in [0.15, 0.2) is 17.3 Å². The monoisotopic (exact) mass is 262 g/mol. The van der Waals surface area contributed by atoms with E-state index >= 15 is 0 Å². The van der Waals surface area contributed by atoms with Crippen LogP contribution >= 0.6 is 11.8 Å². The number of aromatic nitrogens is 2. The van der Waals surface area contributed by atoms with E-state index in [1.807, 2.05) is 11.8 Å². The van der Waals surface area contributed by atoms with Crippen molar-refractivity contribution in [1.82, 2.24) is 9.55 Å². The van der Waals surface area contributed by atoms with Crippen LogP contribution in [0.2, 0.25) is 13.1 Å². The Morgan fingerprint density at radius 3 is 2.71 bits per heavy atom. The van der Waals surface area contributed by atoms with E-state index in [-0.39, 0.29) is 0 Å². The molecule has 0 spiro atoms. The van der Waals surface area contributed by atoms with Crippen molar-refractivity contribution in [3.05, 3.63) is 23.3 Å². The fourth-order valence-electron chi connectivity index (χ4n) is 2.35. The van der Waals surface area contributed by atoms with Gasteiger partial charge in [0.1, 0.15) is 0 Å². The van der Waals surface area contributed by atoms with Crippen molar-refractivity contribution in [3.8, 4) is 0 Å². The van der Waals surface area contributed by atoms with Gasteiger partial charge in [0, 0.05) is 6.17 Å². The second kappa shape index (κ2) is 3.62. The van der Waals surface area contributed by atoms with E-state index in [0.717, 1.165) is 0 Å². The Morgan fingerprint density at radius 1 is 1.24 bits per heavy atom. The summed E-state index contributed by atoms with van der Waals surface area (Å²) in [5.74, 6) is 0. The lowest BCUT2D eigenvalue weighted by atomic mass is 10.1. The first-order valence-electron chi connectivity index (χ1n) is 6.07. The molecule has 4 heteroatoms. The van der Waals surface area contributed by atoms with E-state index in [0.29, 0.717) is 0 Å². The van der Waals surface area contributed by atoms with Crippen LogP contribution in [0.3, 0.4) is 0 Å². The molecule has 0 N–H and O–H groups in total. The molecule has 17 heavy (non-hydrogen) atoms. The summed E-state index contributed by atoms with van der Waals surface area (Å²) in [6.45, 7) is 9.29. The smallest absolute Gasteiger partial charge is 0.168 e. The van der Waals surface area contributed by atoms with Crippen LogP contribution in [0.1, 0.15) is 11.1 Å². The molecule has 0 atom stereocenters. The second-order valence-electron chi connectivity index (χ2n) is 5.86. The van der Waals surface area contributed by atoms with Crippen molar-refractivity contribution in [2.75, 3.05) is 5.38 Å². The molecule has 0 saturated heterocycles. The lowest BCUT2D eigenvalue weighted by molar-refractivity contribution is 0.762. The number of fused-ring (bicyclic) bond motifs is 3. The van der Waals surface area contributed by atoms with Crippen molar-refractivity contribution < 1.29 is 0 Å².